The number of para-hydroxylation sites is 1. The smallest absolute Gasteiger partial charge is 0.213 e. The van der Waals surface area contributed by atoms with Crippen molar-refractivity contribution in [2.75, 3.05) is 18.5 Å². The summed E-state index contributed by atoms with van der Waals surface area (Å²) < 4.78 is 11.0. The molecule has 4 nitrogen and oxygen atoms in total. The topological polar surface area (TPSA) is 43.4 Å². The lowest BCUT2D eigenvalue weighted by atomic mass is 10.2. The Morgan fingerprint density at radius 3 is 2.76 bits per heavy atom. The summed E-state index contributed by atoms with van der Waals surface area (Å²) in [6, 6.07) is 11.7. The number of nitrogens with zero attached hydrogens (tertiary/aromatic N) is 1. The van der Waals surface area contributed by atoms with Gasteiger partial charge in [-0.05, 0) is 19.1 Å². The van der Waals surface area contributed by atoms with Gasteiger partial charge in [0.05, 0.1) is 18.5 Å². The van der Waals surface area contributed by atoms with Crippen LogP contribution in [0.25, 0.3) is 0 Å². The van der Waals surface area contributed by atoms with Crippen LogP contribution in [0.2, 0.25) is 0 Å². The van der Waals surface area contributed by atoms with Gasteiger partial charge in [0.1, 0.15) is 12.4 Å². The van der Waals surface area contributed by atoms with Gasteiger partial charge in [-0.15, -0.1) is 0 Å². The molecule has 0 unspecified atom stereocenters. The van der Waals surface area contributed by atoms with Gasteiger partial charge < -0.3 is 14.8 Å². The summed E-state index contributed by atoms with van der Waals surface area (Å²) in [5.41, 5.74) is 2.03. The predicted octanol–water partition coefficient (Wildman–Crippen LogP) is 3.66. The lowest BCUT2D eigenvalue weighted by Crippen LogP contribution is -2.04. The summed E-state index contributed by atoms with van der Waals surface area (Å²) in [6.07, 6.45) is 3.50. The SMILES string of the molecule is C=CCOc1ccccc1CNc1ccc(OCC)nc1. The number of hydrogen-bond acceptors (Lipinski definition) is 4. The molecule has 1 N–H and O–H groups in total. The second-order valence-electron chi connectivity index (χ2n) is 4.38. The van der Waals surface area contributed by atoms with Gasteiger partial charge in [-0.1, -0.05) is 30.9 Å². The highest BCUT2D eigenvalue weighted by molar-refractivity contribution is 5.44. The molecule has 1 aromatic carbocycles. The average molecular weight is 284 g/mol. The molecule has 0 saturated carbocycles. The van der Waals surface area contributed by atoms with E-state index in [9.17, 15) is 0 Å². The van der Waals surface area contributed by atoms with Crippen LogP contribution in [0.15, 0.2) is 55.3 Å². The maximum absolute atomic E-state index is 5.63. The first-order chi connectivity index (χ1) is 10.3. The maximum Gasteiger partial charge on any atom is 0.213 e. The molecule has 110 valence electrons. The fraction of sp³-hybridized carbons (Fsp3) is 0.235. The van der Waals surface area contributed by atoms with E-state index in [1.54, 1.807) is 12.3 Å². The van der Waals surface area contributed by atoms with Crippen molar-refractivity contribution in [1.82, 2.24) is 4.98 Å². The maximum atomic E-state index is 5.63. The zero-order valence-corrected chi connectivity index (χ0v) is 12.2. The highest BCUT2D eigenvalue weighted by Crippen LogP contribution is 2.20. The number of benzene rings is 1. The molecule has 1 aromatic heterocycles. The van der Waals surface area contributed by atoms with Crippen LogP contribution in [0.1, 0.15) is 12.5 Å². The van der Waals surface area contributed by atoms with E-state index in [-0.39, 0.29) is 0 Å². The van der Waals surface area contributed by atoms with E-state index in [1.807, 2.05) is 43.3 Å². The Kier molecular flexibility index (Phi) is 5.64. The second-order valence-corrected chi connectivity index (χ2v) is 4.38. The van der Waals surface area contributed by atoms with Crippen molar-refractivity contribution in [1.29, 1.82) is 0 Å². The molecule has 0 fully saturated rings. The molecule has 21 heavy (non-hydrogen) atoms. The van der Waals surface area contributed by atoms with Gasteiger partial charge in [-0.3, -0.25) is 0 Å². The third-order valence-electron chi connectivity index (χ3n) is 2.84. The van der Waals surface area contributed by atoms with Crippen LogP contribution in [0.3, 0.4) is 0 Å². The first kappa shape index (κ1) is 14.9. The Morgan fingerprint density at radius 2 is 2.05 bits per heavy atom. The summed E-state index contributed by atoms with van der Waals surface area (Å²) in [5.74, 6) is 1.50. The molecule has 0 bridgehead atoms. The van der Waals surface area contributed by atoms with Crippen LogP contribution < -0.4 is 14.8 Å². The lowest BCUT2D eigenvalue weighted by Gasteiger charge is -2.12. The van der Waals surface area contributed by atoms with Crippen molar-refractivity contribution in [3.05, 3.63) is 60.8 Å². The van der Waals surface area contributed by atoms with Crippen LogP contribution in [0.5, 0.6) is 11.6 Å². The predicted molar refractivity (Wildman–Crippen MR) is 84.9 cm³/mol. The minimum absolute atomic E-state index is 0.502. The van der Waals surface area contributed by atoms with Crippen LogP contribution in [-0.4, -0.2) is 18.2 Å². The normalized spacial score (nSPS) is 9.95. The molecule has 0 amide bonds. The molecular formula is C17H20N2O2. The van der Waals surface area contributed by atoms with E-state index in [2.05, 4.69) is 16.9 Å². The van der Waals surface area contributed by atoms with Gasteiger partial charge in [0.2, 0.25) is 5.88 Å². The van der Waals surface area contributed by atoms with Gasteiger partial charge >= 0.3 is 0 Å². The van der Waals surface area contributed by atoms with E-state index in [4.69, 9.17) is 9.47 Å². The molecule has 0 spiro atoms. The molecule has 0 saturated heterocycles. The Morgan fingerprint density at radius 1 is 1.19 bits per heavy atom. The Hall–Kier alpha value is -2.49. The molecule has 0 aliphatic rings. The average Bonchev–Trinajstić information content (AvgIpc) is 2.53. The third kappa shape index (κ3) is 4.53. The summed E-state index contributed by atoms with van der Waals surface area (Å²) in [5, 5.41) is 3.32. The zero-order chi connectivity index (χ0) is 14.9. The number of rotatable bonds is 8. The molecule has 2 rings (SSSR count). The van der Waals surface area contributed by atoms with Crippen LogP contribution >= 0.6 is 0 Å². The third-order valence-corrected chi connectivity index (χ3v) is 2.84. The van der Waals surface area contributed by atoms with Crippen molar-refractivity contribution in [3.8, 4) is 11.6 Å². The van der Waals surface area contributed by atoms with Crippen molar-refractivity contribution in [3.63, 3.8) is 0 Å². The molecule has 0 aliphatic heterocycles. The van der Waals surface area contributed by atoms with Gasteiger partial charge in [0.25, 0.3) is 0 Å². The molecule has 2 aromatic rings. The minimum atomic E-state index is 0.502. The van der Waals surface area contributed by atoms with Gasteiger partial charge in [0, 0.05) is 18.2 Å². The highest BCUT2D eigenvalue weighted by atomic mass is 16.5. The Bertz CT molecular complexity index is 567. The van der Waals surface area contributed by atoms with Gasteiger partial charge in [-0.2, -0.15) is 0 Å². The molecule has 0 radical (unpaired) electrons. The fourth-order valence-corrected chi connectivity index (χ4v) is 1.85. The quantitative estimate of drug-likeness (QED) is 0.751. The van der Waals surface area contributed by atoms with E-state index in [0.29, 0.717) is 25.6 Å². The Balaban J connectivity index is 1.97. The standard InChI is InChI=1S/C17H20N2O2/c1-3-11-21-16-8-6-5-7-14(16)12-18-15-9-10-17(19-13-15)20-4-2/h3,5-10,13,18H,1,4,11-12H2,2H3. The number of anilines is 1. The monoisotopic (exact) mass is 284 g/mol. The highest BCUT2D eigenvalue weighted by Gasteiger charge is 2.03. The first-order valence-electron chi connectivity index (χ1n) is 6.97. The van der Waals surface area contributed by atoms with Crippen molar-refractivity contribution < 1.29 is 9.47 Å². The molecular weight excluding hydrogens is 264 g/mol. The van der Waals surface area contributed by atoms with E-state index in [1.165, 1.54) is 0 Å². The molecule has 4 heteroatoms. The van der Waals surface area contributed by atoms with E-state index in [0.717, 1.165) is 17.0 Å². The largest absolute Gasteiger partial charge is 0.489 e. The van der Waals surface area contributed by atoms with Crippen LogP contribution in [0, 0.1) is 0 Å². The molecule has 0 atom stereocenters. The number of aromatic nitrogens is 1. The van der Waals surface area contributed by atoms with Crippen molar-refractivity contribution >= 4 is 5.69 Å². The lowest BCUT2D eigenvalue weighted by molar-refractivity contribution is 0.327. The number of nitrogens with one attached hydrogen (secondary N) is 1. The van der Waals surface area contributed by atoms with Crippen molar-refractivity contribution in [2.24, 2.45) is 0 Å². The summed E-state index contributed by atoms with van der Waals surface area (Å²) in [4.78, 5) is 4.22. The van der Waals surface area contributed by atoms with E-state index >= 15 is 0 Å². The fourth-order valence-electron chi connectivity index (χ4n) is 1.85. The van der Waals surface area contributed by atoms with E-state index < -0.39 is 0 Å². The van der Waals surface area contributed by atoms with Crippen molar-refractivity contribution in [2.45, 2.75) is 13.5 Å². The van der Waals surface area contributed by atoms with Gasteiger partial charge in [0.15, 0.2) is 0 Å². The number of ether oxygens (including phenoxy) is 2. The van der Waals surface area contributed by atoms with Gasteiger partial charge in [-0.25, -0.2) is 4.98 Å². The molecule has 1 heterocycles. The minimum Gasteiger partial charge on any atom is -0.489 e. The van der Waals surface area contributed by atoms with Crippen LogP contribution in [0.4, 0.5) is 5.69 Å². The summed E-state index contributed by atoms with van der Waals surface area (Å²) >= 11 is 0. The first-order valence-corrected chi connectivity index (χ1v) is 6.97. The summed E-state index contributed by atoms with van der Waals surface area (Å²) in [6.45, 7) is 7.39. The molecule has 0 aliphatic carbocycles. The number of hydrogen-bond donors (Lipinski definition) is 1. The zero-order valence-electron chi connectivity index (χ0n) is 12.2. The second kappa shape index (κ2) is 7.94. The Labute approximate surface area is 125 Å². The number of pyridine rings is 1. The van der Waals surface area contributed by atoms with Crippen LogP contribution in [-0.2, 0) is 6.54 Å². The summed E-state index contributed by atoms with van der Waals surface area (Å²) in [7, 11) is 0.